The average molecular weight is 487 g/mol. The minimum atomic E-state index is -3.74. The van der Waals surface area contributed by atoms with Crippen molar-refractivity contribution >= 4 is 33.4 Å². The van der Waals surface area contributed by atoms with E-state index in [2.05, 4.69) is 10.0 Å². The first-order valence-corrected chi connectivity index (χ1v) is 12.6. The molecule has 1 saturated heterocycles. The van der Waals surface area contributed by atoms with E-state index in [9.17, 15) is 22.8 Å². The third kappa shape index (κ3) is 6.21. The second-order valence-electron chi connectivity index (χ2n) is 8.46. The Bertz CT molecular complexity index is 1190. The van der Waals surface area contributed by atoms with Crippen LogP contribution in [0.2, 0.25) is 0 Å². The van der Waals surface area contributed by atoms with Crippen LogP contribution in [-0.4, -0.2) is 50.7 Å². The molecule has 4 N–H and O–H groups in total. The van der Waals surface area contributed by atoms with Crippen molar-refractivity contribution in [3.63, 3.8) is 0 Å². The van der Waals surface area contributed by atoms with Crippen LogP contribution in [0.1, 0.15) is 40.7 Å². The first kappa shape index (κ1) is 25.4. The average Bonchev–Trinajstić information content (AvgIpc) is 2.80. The van der Waals surface area contributed by atoms with Crippen molar-refractivity contribution in [2.75, 3.05) is 25.0 Å². The fourth-order valence-electron chi connectivity index (χ4n) is 3.79. The Hall–Kier alpha value is -3.24. The van der Waals surface area contributed by atoms with Gasteiger partial charge in [0.15, 0.2) is 0 Å². The molecular weight excluding hydrogens is 456 g/mol. The number of rotatable bonds is 8. The molecule has 10 heteroatoms. The van der Waals surface area contributed by atoms with E-state index in [-0.39, 0.29) is 35.6 Å². The minimum absolute atomic E-state index is 0.0855. The predicted octanol–water partition coefficient (Wildman–Crippen LogP) is 1.95. The first-order chi connectivity index (χ1) is 16.1. The molecule has 2 aromatic carbocycles. The summed E-state index contributed by atoms with van der Waals surface area (Å²) in [5.74, 6) is -1.25. The zero-order valence-corrected chi connectivity index (χ0v) is 20.2. The molecular formula is C24H30N4O5S. The lowest BCUT2D eigenvalue weighted by Gasteiger charge is -2.31. The fraction of sp³-hybridized carbons (Fsp3) is 0.375. The molecule has 3 amide bonds. The molecule has 0 aromatic heterocycles. The van der Waals surface area contributed by atoms with Gasteiger partial charge in [0, 0.05) is 32.0 Å². The number of piperidine rings is 1. The normalized spacial score (nSPS) is 14.6. The zero-order valence-electron chi connectivity index (χ0n) is 19.3. The molecule has 34 heavy (non-hydrogen) atoms. The molecule has 0 aliphatic carbocycles. The van der Waals surface area contributed by atoms with Gasteiger partial charge in [-0.1, -0.05) is 18.2 Å². The van der Waals surface area contributed by atoms with Crippen LogP contribution in [0.3, 0.4) is 0 Å². The number of sulfonamides is 1. The highest BCUT2D eigenvalue weighted by molar-refractivity contribution is 7.89. The lowest BCUT2D eigenvalue weighted by molar-refractivity contribution is -0.123. The van der Waals surface area contributed by atoms with E-state index in [0.717, 1.165) is 11.1 Å². The second kappa shape index (κ2) is 10.8. The summed E-state index contributed by atoms with van der Waals surface area (Å²) in [7, 11) is -3.74. The van der Waals surface area contributed by atoms with Crippen molar-refractivity contribution in [2.45, 2.75) is 38.0 Å². The molecule has 1 fully saturated rings. The first-order valence-electron chi connectivity index (χ1n) is 11.1. The van der Waals surface area contributed by atoms with Gasteiger partial charge in [-0.2, -0.15) is 0 Å². The molecule has 0 bridgehead atoms. The van der Waals surface area contributed by atoms with Gasteiger partial charge in [-0.05, 0) is 62.1 Å². The van der Waals surface area contributed by atoms with E-state index in [0.29, 0.717) is 37.2 Å². The Morgan fingerprint density at radius 3 is 2.35 bits per heavy atom. The minimum Gasteiger partial charge on any atom is -0.369 e. The Balaban J connectivity index is 1.58. The Kier molecular flexibility index (Phi) is 8.06. The number of nitrogens with zero attached hydrogens (tertiary/aromatic N) is 1. The van der Waals surface area contributed by atoms with Gasteiger partial charge in [-0.25, -0.2) is 13.1 Å². The molecule has 0 atom stereocenters. The van der Waals surface area contributed by atoms with Crippen molar-refractivity contribution in [1.82, 2.24) is 9.62 Å². The maximum atomic E-state index is 13.0. The molecule has 3 rings (SSSR count). The van der Waals surface area contributed by atoms with E-state index < -0.39 is 15.9 Å². The number of hydrogen-bond acceptors (Lipinski definition) is 5. The van der Waals surface area contributed by atoms with Crippen LogP contribution in [-0.2, 0) is 19.6 Å². The second-order valence-corrected chi connectivity index (χ2v) is 10.2. The number of benzene rings is 2. The summed E-state index contributed by atoms with van der Waals surface area (Å²) in [5, 5.41) is 2.70. The van der Waals surface area contributed by atoms with Crippen molar-refractivity contribution in [1.29, 1.82) is 0 Å². The summed E-state index contributed by atoms with van der Waals surface area (Å²) >= 11 is 0. The Labute approximate surface area is 199 Å². The summed E-state index contributed by atoms with van der Waals surface area (Å²) in [5.41, 5.74) is 7.90. The van der Waals surface area contributed by atoms with E-state index in [1.54, 1.807) is 41.3 Å². The molecule has 0 unspecified atom stereocenters. The van der Waals surface area contributed by atoms with Gasteiger partial charge in [-0.3, -0.25) is 14.4 Å². The number of anilines is 1. The molecule has 0 saturated carbocycles. The number of amides is 3. The van der Waals surface area contributed by atoms with Crippen molar-refractivity contribution in [3.8, 4) is 0 Å². The summed E-state index contributed by atoms with van der Waals surface area (Å²) < 4.78 is 27.4. The largest absolute Gasteiger partial charge is 0.369 e. The molecule has 2 aromatic rings. The number of para-hydroxylation sites is 1. The number of nitrogens with one attached hydrogen (secondary N) is 2. The Morgan fingerprint density at radius 1 is 1.03 bits per heavy atom. The monoisotopic (exact) mass is 486 g/mol. The third-order valence-corrected chi connectivity index (χ3v) is 7.51. The predicted molar refractivity (Wildman–Crippen MR) is 129 cm³/mol. The van der Waals surface area contributed by atoms with Crippen LogP contribution in [0, 0.1) is 19.8 Å². The van der Waals surface area contributed by atoms with Crippen LogP contribution in [0.5, 0.6) is 0 Å². The zero-order chi connectivity index (χ0) is 24.9. The SMILES string of the molecule is Cc1ccc(S(=O)(=O)NCCC(=O)Nc2ccccc2C(=O)N2CCC(C(N)=O)CC2)cc1C. The maximum absolute atomic E-state index is 13.0. The molecule has 1 heterocycles. The standard InChI is InChI=1S/C24H30N4O5S/c1-16-7-8-19(15-17(16)2)34(32,33)26-12-9-22(29)27-21-6-4-3-5-20(21)24(31)28-13-10-18(11-14-28)23(25)30/h3-8,15,18,26H,9-14H2,1-2H3,(H2,25,30)(H,27,29). The summed E-state index contributed by atoms with van der Waals surface area (Å²) in [6.07, 6.45) is 0.920. The lowest BCUT2D eigenvalue weighted by Crippen LogP contribution is -2.42. The van der Waals surface area contributed by atoms with Gasteiger partial charge >= 0.3 is 0 Å². The summed E-state index contributed by atoms with van der Waals surface area (Å²) in [6, 6.07) is 11.5. The van der Waals surface area contributed by atoms with Gasteiger partial charge < -0.3 is 16.0 Å². The topological polar surface area (TPSA) is 139 Å². The molecule has 0 spiro atoms. The van der Waals surface area contributed by atoms with Gasteiger partial charge in [0.25, 0.3) is 5.91 Å². The van der Waals surface area contributed by atoms with Crippen LogP contribution in [0.25, 0.3) is 0 Å². The highest BCUT2D eigenvalue weighted by Crippen LogP contribution is 2.22. The van der Waals surface area contributed by atoms with E-state index in [1.165, 1.54) is 6.07 Å². The van der Waals surface area contributed by atoms with Gasteiger partial charge in [0.05, 0.1) is 16.1 Å². The van der Waals surface area contributed by atoms with Crippen molar-refractivity contribution in [2.24, 2.45) is 11.7 Å². The Morgan fingerprint density at radius 2 is 1.71 bits per heavy atom. The van der Waals surface area contributed by atoms with Crippen LogP contribution < -0.4 is 15.8 Å². The smallest absolute Gasteiger partial charge is 0.255 e. The highest BCUT2D eigenvalue weighted by Gasteiger charge is 2.27. The molecule has 9 nitrogen and oxygen atoms in total. The number of carbonyl (C=O) groups is 3. The van der Waals surface area contributed by atoms with E-state index in [4.69, 9.17) is 5.73 Å². The molecule has 0 radical (unpaired) electrons. The molecule has 1 aliphatic heterocycles. The highest BCUT2D eigenvalue weighted by atomic mass is 32.2. The van der Waals surface area contributed by atoms with E-state index >= 15 is 0 Å². The number of primary amides is 1. The van der Waals surface area contributed by atoms with Crippen molar-refractivity contribution < 1.29 is 22.8 Å². The van der Waals surface area contributed by atoms with E-state index in [1.807, 2.05) is 13.8 Å². The number of hydrogen-bond donors (Lipinski definition) is 3. The quantitative estimate of drug-likeness (QED) is 0.523. The van der Waals surface area contributed by atoms with Crippen LogP contribution in [0.15, 0.2) is 47.4 Å². The summed E-state index contributed by atoms with van der Waals surface area (Å²) in [6.45, 7) is 4.47. The molecule has 182 valence electrons. The van der Waals surface area contributed by atoms with Crippen LogP contribution >= 0.6 is 0 Å². The fourth-order valence-corrected chi connectivity index (χ4v) is 4.91. The van der Waals surface area contributed by atoms with Crippen molar-refractivity contribution in [3.05, 3.63) is 59.2 Å². The number of aryl methyl sites for hydroxylation is 2. The van der Waals surface area contributed by atoms with Gasteiger partial charge in [0.2, 0.25) is 21.8 Å². The third-order valence-electron chi connectivity index (χ3n) is 6.05. The number of carbonyl (C=O) groups excluding carboxylic acids is 3. The molecule has 1 aliphatic rings. The summed E-state index contributed by atoms with van der Waals surface area (Å²) in [4.78, 5) is 38.6. The lowest BCUT2D eigenvalue weighted by atomic mass is 9.95. The number of likely N-dealkylation sites (tertiary alicyclic amines) is 1. The van der Waals surface area contributed by atoms with Gasteiger partial charge in [0.1, 0.15) is 0 Å². The maximum Gasteiger partial charge on any atom is 0.255 e. The van der Waals surface area contributed by atoms with Crippen LogP contribution in [0.4, 0.5) is 5.69 Å². The van der Waals surface area contributed by atoms with Gasteiger partial charge in [-0.15, -0.1) is 0 Å². The number of nitrogens with two attached hydrogens (primary N) is 1.